The molecule has 5 heteroatoms. The molecule has 0 saturated carbocycles. The van der Waals surface area contributed by atoms with E-state index in [1.807, 2.05) is 6.92 Å². The fourth-order valence-corrected chi connectivity index (χ4v) is 2.88. The Morgan fingerprint density at radius 1 is 1.17 bits per heavy atom. The molecule has 126 valence electrons. The molecule has 0 aliphatic heterocycles. The fraction of sp³-hybridized carbons (Fsp3) is 0.421. The molecule has 0 bridgehead atoms. The summed E-state index contributed by atoms with van der Waals surface area (Å²) in [6.07, 6.45) is 2.37. The van der Waals surface area contributed by atoms with Crippen molar-refractivity contribution in [1.82, 2.24) is 19.6 Å². The lowest BCUT2D eigenvalue weighted by Gasteiger charge is -2.08. The lowest BCUT2D eigenvalue weighted by atomic mass is 9.99. The Bertz CT molecular complexity index is 904. The summed E-state index contributed by atoms with van der Waals surface area (Å²) in [6, 6.07) is 8.46. The summed E-state index contributed by atoms with van der Waals surface area (Å²) in [5.74, 6) is 1.77. The van der Waals surface area contributed by atoms with Gasteiger partial charge in [-0.15, -0.1) is 0 Å². The molecule has 24 heavy (non-hydrogen) atoms. The molecule has 3 aromatic rings. The molecule has 0 saturated heterocycles. The number of aromatic nitrogens is 4. The minimum atomic E-state index is -0.0553. The first-order valence-corrected chi connectivity index (χ1v) is 8.55. The van der Waals surface area contributed by atoms with Crippen LogP contribution < -0.4 is 5.56 Å². The number of fused-ring (bicyclic) bond motifs is 1. The smallest absolute Gasteiger partial charge is 0.275 e. The first-order chi connectivity index (χ1) is 11.5. The second-order valence-corrected chi connectivity index (χ2v) is 6.61. The first kappa shape index (κ1) is 16.4. The Balaban J connectivity index is 1.98. The highest BCUT2D eigenvalue weighted by Gasteiger charge is 2.13. The van der Waals surface area contributed by atoms with Crippen molar-refractivity contribution in [3.8, 4) is 0 Å². The summed E-state index contributed by atoms with van der Waals surface area (Å²) in [4.78, 5) is 21.7. The zero-order valence-electron chi connectivity index (χ0n) is 14.8. The van der Waals surface area contributed by atoms with Gasteiger partial charge in [0.05, 0.1) is 5.69 Å². The molecule has 0 spiro atoms. The average Bonchev–Trinajstić information content (AvgIpc) is 2.95. The average molecular weight is 324 g/mol. The van der Waals surface area contributed by atoms with Crippen molar-refractivity contribution in [3.05, 3.63) is 62.8 Å². The van der Waals surface area contributed by atoms with Crippen LogP contribution in [0.1, 0.15) is 61.3 Å². The molecule has 0 aliphatic carbocycles. The minimum Gasteiger partial charge on any atom is -0.275 e. The van der Waals surface area contributed by atoms with E-state index in [-0.39, 0.29) is 5.56 Å². The summed E-state index contributed by atoms with van der Waals surface area (Å²) in [5.41, 5.74) is 3.84. The molecule has 1 aromatic carbocycles. The second-order valence-electron chi connectivity index (χ2n) is 6.61. The SMILES string of the molecule is CCCc1nc2nc(C)c(Cc3ccc(C(C)C)cc3)c(=O)n2[nH]1. The van der Waals surface area contributed by atoms with E-state index >= 15 is 0 Å². The maximum atomic E-state index is 12.8. The van der Waals surface area contributed by atoms with Crippen LogP contribution >= 0.6 is 0 Å². The molecule has 5 nitrogen and oxygen atoms in total. The van der Waals surface area contributed by atoms with Crippen molar-refractivity contribution in [2.24, 2.45) is 0 Å². The standard InChI is InChI=1S/C19H24N4O/c1-5-6-17-21-19-20-13(4)16(18(24)23(19)22-17)11-14-7-9-15(10-8-14)12(2)3/h7-10,12H,5-6,11H2,1-4H3,(H,20,21,22). The molecule has 0 unspecified atom stereocenters. The van der Waals surface area contributed by atoms with E-state index in [1.165, 1.54) is 10.1 Å². The van der Waals surface area contributed by atoms with Crippen molar-refractivity contribution in [2.45, 2.75) is 52.9 Å². The first-order valence-electron chi connectivity index (χ1n) is 8.55. The predicted octanol–water partition coefficient (Wildman–Crippen LogP) is 3.39. The van der Waals surface area contributed by atoms with Crippen LogP contribution in [0.4, 0.5) is 0 Å². The number of nitrogens with one attached hydrogen (secondary N) is 1. The number of benzene rings is 1. The fourth-order valence-electron chi connectivity index (χ4n) is 2.88. The van der Waals surface area contributed by atoms with Crippen molar-refractivity contribution in [2.75, 3.05) is 0 Å². The molecular formula is C19H24N4O. The second kappa shape index (κ2) is 6.59. The van der Waals surface area contributed by atoms with Gasteiger partial charge in [0.1, 0.15) is 5.82 Å². The van der Waals surface area contributed by atoms with E-state index in [4.69, 9.17) is 0 Å². The van der Waals surface area contributed by atoms with Crippen molar-refractivity contribution in [3.63, 3.8) is 0 Å². The molecule has 0 aliphatic rings. The topological polar surface area (TPSA) is 63.1 Å². The third-order valence-corrected chi connectivity index (χ3v) is 4.36. The van der Waals surface area contributed by atoms with Crippen molar-refractivity contribution >= 4 is 5.78 Å². The van der Waals surface area contributed by atoms with Crippen LogP contribution in [-0.2, 0) is 12.8 Å². The zero-order chi connectivity index (χ0) is 17.3. The van der Waals surface area contributed by atoms with Crippen LogP contribution in [0.3, 0.4) is 0 Å². The van der Waals surface area contributed by atoms with E-state index < -0.39 is 0 Å². The lowest BCUT2D eigenvalue weighted by Crippen LogP contribution is -2.22. The number of aromatic amines is 1. The maximum absolute atomic E-state index is 12.8. The Morgan fingerprint density at radius 2 is 1.88 bits per heavy atom. The van der Waals surface area contributed by atoms with E-state index in [1.54, 1.807) is 0 Å². The summed E-state index contributed by atoms with van der Waals surface area (Å²) < 4.78 is 1.47. The van der Waals surface area contributed by atoms with Crippen molar-refractivity contribution in [1.29, 1.82) is 0 Å². The number of H-pyrrole nitrogens is 1. The Kier molecular flexibility index (Phi) is 4.51. The Hall–Kier alpha value is -2.43. The van der Waals surface area contributed by atoms with Crippen LogP contribution in [-0.4, -0.2) is 19.6 Å². The molecule has 3 rings (SSSR count). The van der Waals surface area contributed by atoms with Gasteiger partial charge in [0.25, 0.3) is 11.3 Å². The summed E-state index contributed by atoms with van der Waals surface area (Å²) in [7, 11) is 0. The van der Waals surface area contributed by atoms with Gasteiger partial charge in [0.2, 0.25) is 0 Å². The highest BCUT2D eigenvalue weighted by Crippen LogP contribution is 2.16. The van der Waals surface area contributed by atoms with Gasteiger partial charge in [-0.1, -0.05) is 45.0 Å². The summed E-state index contributed by atoms with van der Waals surface area (Å²) in [5, 5.41) is 3.07. The highest BCUT2D eigenvalue weighted by molar-refractivity contribution is 5.35. The molecular weight excluding hydrogens is 300 g/mol. The monoisotopic (exact) mass is 324 g/mol. The maximum Gasteiger partial charge on any atom is 0.277 e. The van der Waals surface area contributed by atoms with Crippen LogP contribution in [0, 0.1) is 6.92 Å². The molecule has 0 amide bonds. The van der Waals surface area contributed by atoms with Gasteiger partial charge in [-0.2, -0.15) is 9.50 Å². The van der Waals surface area contributed by atoms with Crippen molar-refractivity contribution < 1.29 is 0 Å². The lowest BCUT2D eigenvalue weighted by molar-refractivity contribution is 0.797. The van der Waals surface area contributed by atoms with Gasteiger partial charge in [-0.25, -0.2) is 4.98 Å². The largest absolute Gasteiger partial charge is 0.277 e. The molecule has 2 heterocycles. The summed E-state index contributed by atoms with van der Waals surface area (Å²) >= 11 is 0. The van der Waals surface area contributed by atoms with Gasteiger partial charge < -0.3 is 0 Å². The van der Waals surface area contributed by atoms with Gasteiger partial charge in [-0.05, 0) is 30.4 Å². The third kappa shape index (κ3) is 3.11. The molecule has 0 atom stereocenters. The van der Waals surface area contributed by atoms with Crippen LogP contribution in [0.5, 0.6) is 0 Å². The zero-order valence-corrected chi connectivity index (χ0v) is 14.8. The third-order valence-electron chi connectivity index (χ3n) is 4.36. The Labute approximate surface area is 141 Å². The van der Waals surface area contributed by atoms with Gasteiger partial charge in [0.15, 0.2) is 0 Å². The summed E-state index contributed by atoms with van der Waals surface area (Å²) in [6.45, 7) is 8.32. The van der Waals surface area contributed by atoms with E-state index in [2.05, 4.69) is 60.1 Å². The van der Waals surface area contributed by atoms with E-state index in [0.717, 1.165) is 35.5 Å². The van der Waals surface area contributed by atoms with E-state index in [0.29, 0.717) is 18.1 Å². The number of aryl methyl sites for hydroxylation is 2. The number of hydrogen-bond donors (Lipinski definition) is 1. The normalized spacial score (nSPS) is 11.5. The Morgan fingerprint density at radius 3 is 2.50 bits per heavy atom. The van der Waals surface area contributed by atoms with Gasteiger partial charge in [0, 0.05) is 18.4 Å². The minimum absolute atomic E-state index is 0.0553. The predicted molar refractivity (Wildman–Crippen MR) is 95.7 cm³/mol. The van der Waals surface area contributed by atoms with Gasteiger partial charge in [-0.3, -0.25) is 9.89 Å². The molecule has 0 radical (unpaired) electrons. The van der Waals surface area contributed by atoms with Crippen LogP contribution in [0.25, 0.3) is 5.78 Å². The number of rotatable bonds is 5. The number of hydrogen-bond acceptors (Lipinski definition) is 3. The van der Waals surface area contributed by atoms with E-state index in [9.17, 15) is 4.79 Å². The quantitative estimate of drug-likeness (QED) is 0.782. The molecule has 0 fully saturated rings. The molecule has 1 N–H and O–H groups in total. The molecule has 2 aromatic heterocycles. The van der Waals surface area contributed by atoms with Gasteiger partial charge >= 0.3 is 0 Å². The number of nitrogens with zero attached hydrogens (tertiary/aromatic N) is 3. The highest BCUT2D eigenvalue weighted by atomic mass is 16.1. The van der Waals surface area contributed by atoms with Crippen LogP contribution in [0.2, 0.25) is 0 Å². The van der Waals surface area contributed by atoms with Crippen LogP contribution in [0.15, 0.2) is 29.1 Å².